The molecule has 0 radical (unpaired) electrons. The minimum atomic E-state index is -0.479. The number of carbonyl (C=O) groups excluding carboxylic acids is 4. The molecule has 0 bridgehead atoms. The average molecular weight is 610 g/mol. The van der Waals surface area contributed by atoms with Crippen LogP contribution in [0, 0.1) is 11.8 Å². The molecule has 0 unspecified atom stereocenters. The molecule has 1 aliphatic carbocycles. The summed E-state index contributed by atoms with van der Waals surface area (Å²) in [5.74, 6) is -0.792. The highest BCUT2D eigenvalue weighted by molar-refractivity contribution is 5.93. The number of likely N-dealkylation sites (tertiary alicyclic amines) is 1. The Kier molecular flexibility index (Phi) is 12.6. The van der Waals surface area contributed by atoms with Crippen molar-refractivity contribution in [2.75, 3.05) is 53.2 Å². The van der Waals surface area contributed by atoms with Gasteiger partial charge in [-0.3, -0.25) is 29.1 Å². The number of amides is 3. The van der Waals surface area contributed by atoms with Crippen LogP contribution in [0.4, 0.5) is 0 Å². The van der Waals surface area contributed by atoms with Crippen LogP contribution in [0.2, 0.25) is 0 Å². The smallest absolute Gasteiger partial charge is 0.308 e. The molecule has 2 aromatic rings. The number of hydrogen-bond donors (Lipinski definition) is 2. The van der Waals surface area contributed by atoms with Gasteiger partial charge in [0.15, 0.2) is 0 Å². The lowest BCUT2D eigenvalue weighted by Gasteiger charge is -2.26. The van der Waals surface area contributed by atoms with E-state index in [0.29, 0.717) is 51.7 Å². The van der Waals surface area contributed by atoms with Crippen LogP contribution < -0.4 is 10.6 Å². The van der Waals surface area contributed by atoms with E-state index in [2.05, 4.69) is 20.6 Å². The van der Waals surface area contributed by atoms with Crippen LogP contribution in [0.25, 0.3) is 0 Å². The fraction of sp³-hybridized carbons (Fsp3) is 0.562. The maximum Gasteiger partial charge on any atom is 0.308 e. The Hall–Kier alpha value is -3.90. The minimum absolute atomic E-state index is 0.0252. The zero-order valence-electron chi connectivity index (χ0n) is 25.5. The average Bonchev–Trinajstić information content (AvgIpc) is 3.36. The molecular weight excluding hydrogens is 566 g/mol. The van der Waals surface area contributed by atoms with Gasteiger partial charge < -0.3 is 29.7 Å². The largest absolute Gasteiger partial charge is 0.466 e. The highest BCUT2D eigenvalue weighted by Crippen LogP contribution is 2.37. The third-order valence-electron chi connectivity index (χ3n) is 8.21. The number of pyridine rings is 2. The van der Waals surface area contributed by atoms with E-state index >= 15 is 0 Å². The summed E-state index contributed by atoms with van der Waals surface area (Å²) in [5, 5.41) is 5.69. The topological polar surface area (TPSA) is 149 Å². The minimum Gasteiger partial charge on any atom is -0.466 e. The normalized spacial score (nSPS) is 21.6. The Labute approximate surface area is 258 Å². The van der Waals surface area contributed by atoms with Crippen molar-refractivity contribution in [1.29, 1.82) is 0 Å². The lowest BCUT2D eigenvalue weighted by atomic mass is 9.80. The van der Waals surface area contributed by atoms with E-state index in [4.69, 9.17) is 14.2 Å². The Bertz CT molecular complexity index is 1240. The molecule has 12 heteroatoms. The van der Waals surface area contributed by atoms with Crippen LogP contribution in [0.1, 0.15) is 72.6 Å². The molecule has 1 saturated heterocycles. The van der Waals surface area contributed by atoms with E-state index in [1.165, 1.54) is 0 Å². The van der Waals surface area contributed by atoms with Crippen molar-refractivity contribution < 1.29 is 33.4 Å². The fourth-order valence-corrected chi connectivity index (χ4v) is 5.82. The van der Waals surface area contributed by atoms with Crippen molar-refractivity contribution in [3.8, 4) is 0 Å². The quantitative estimate of drug-likeness (QED) is 0.229. The molecule has 4 rings (SSSR count). The van der Waals surface area contributed by atoms with Gasteiger partial charge in [0.25, 0.3) is 5.91 Å². The van der Waals surface area contributed by atoms with Crippen LogP contribution in [-0.2, 0) is 28.6 Å². The molecule has 2 N–H and O–H groups in total. The van der Waals surface area contributed by atoms with Gasteiger partial charge in [-0.15, -0.1) is 0 Å². The highest BCUT2D eigenvalue weighted by atomic mass is 16.5. The van der Waals surface area contributed by atoms with E-state index in [1.54, 1.807) is 42.7 Å². The molecule has 238 valence electrons. The first-order valence-corrected chi connectivity index (χ1v) is 15.4. The fourth-order valence-electron chi connectivity index (χ4n) is 5.82. The first-order valence-electron chi connectivity index (χ1n) is 15.4. The Balaban J connectivity index is 1.04. The molecular formula is C32H43N5O7. The van der Waals surface area contributed by atoms with Crippen LogP contribution in [0.15, 0.2) is 42.9 Å². The predicted molar refractivity (Wildman–Crippen MR) is 160 cm³/mol. The van der Waals surface area contributed by atoms with E-state index < -0.39 is 5.92 Å². The highest BCUT2D eigenvalue weighted by Gasteiger charge is 2.42. The second-order valence-electron chi connectivity index (χ2n) is 11.1. The molecule has 0 aromatic carbocycles. The zero-order valence-corrected chi connectivity index (χ0v) is 25.5. The van der Waals surface area contributed by atoms with Gasteiger partial charge in [0, 0.05) is 56.8 Å². The Morgan fingerprint density at radius 1 is 0.955 bits per heavy atom. The zero-order chi connectivity index (χ0) is 31.3. The number of ether oxygens (including phenoxy) is 3. The summed E-state index contributed by atoms with van der Waals surface area (Å²) in [6.07, 6.45) is 8.46. The molecule has 2 atom stereocenters. The van der Waals surface area contributed by atoms with Gasteiger partial charge >= 0.3 is 5.97 Å². The van der Waals surface area contributed by atoms with Gasteiger partial charge in [-0.2, -0.15) is 0 Å². The van der Waals surface area contributed by atoms with Gasteiger partial charge in [-0.05, 0) is 56.4 Å². The lowest BCUT2D eigenvalue weighted by molar-refractivity contribution is -0.149. The van der Waals surface area contributed by atoms with Crippen LogP contribution in [-0.4, -0.2) is 91.7 Å². The lowest BCUT2D eigenvalue weighted by Crippen LogP contribution is -2.36. The Morgan fingerprint density at radius 3 is 2.32 bits per heavy atom. The monoisotopic (exact) mass is 609 g/mol. The van der Waals surface area contributed by atoms with Gasteiger partial charge in [0.2, 0.25) is 11.8 Å². The molecule has 12 nitrogen and oxygen atoms in total. The Morgan fingerprint density at radius 2 is 1.68 bits per heavy atom. The second kappa shape index (κ2) is 16.8. The molecule has 2 aliphatic rings. The molecule has 3 heterocycles. The van der Waals surface area contributed by atoms with Crippen molar-refractivity contribution >= 4 is 23.7 Å². The van der Waals surface area contributed by atoms with Crippen LogP contribution >= 0.6 is 0 Å². The van der Waals surface area contributed by atoms with E-state index in [-0.39, 0.29) is 48.0 Å². The standard InChI is InChI=1S/C32H43N5O7/c1-3-44-32(41)23-8-6-22(7-9-23)27-11-10-25(21-36-27)30(39)34-13-15-42-17-18-43-16-14-35-31(40)26-19-28(38)37(2)29(26)24-5-4-12-33-20-24/h4-5,10-12,20-23,26,29H,3,6-9,13-19H2,1-2H3,(H,34,39)(H,35,40)/t22-,23-,26-,29+/m0/s1. The number of aromatic nitrogens is 2. The van der Waals surface area contributed by atoms with Crippen molar-refractivity contribution in [2.24, 2.45) is 11.8 Å². The van der Waals surface area contributed by atoms with Gasteiger partial charge in [-0.25, -0.2) is 0 Å². The summed E-state index contributed by atoms with van der Waals surface area (Å²) >= 11 is 0. The number of nitrogens with one attached hydrogen (secondary N) is 2. The first kappa shape index (κ1) is 33.0. The predicted octanol–water partition coefficient (Wildman–Crippen LogP) is 2.41. The molecule has 1 saturated carbocycles. The van der Waals surface area contributed by atoms with Crippen molar-refractivity contribution in [2.45, 2.75) is 51.0 Å². The summed E-state index contributed by atoms with van der Waals surface area (Å²) in [7, 11) is 1.71. The maximum absolute atomic E-state index is 12.8. The first-order chi connectivity index (χ1) is 21.4. The molecule has 2 fully saturated rings. The number of rotatable bonds is 15. The van der Waals surface area contributed by atoms with Crippen molar-refractivity contribution in [1.82, 2.24) is 25.5 Å². The van der Waals surface area contributed by atoms with Crippen LogP contribution in [0.5, 0.6) is 0 Å². The van der Waals surface area contributed by atoms with Gasteiger partial charge in [0.1, 0.15) is 0 Å². The number of esters is 1. The van der Waals surface area contributed by atoms with Crippen molar-refractivity contribution in [3.05, 3.63) is 59.7 Å². The molecule has 0 spiro atoms. The third kappa shape index (κ3) is 9.06. The SMILES string of the molecule is CCOC(=O)[C@H]1CC[C@H](c2ccc(C(=O)NCCOCCOCCNC(=O)[C@H]3CC(=O)N(C)[C@@H]3c3cccnc3)cn2)CC1. The number of hydrogen-bond acceptors (Lipinski definition) is 9. The summed E-state index contributed by atoms with van der Waals surface area (Å²) in [4.78, 5) is 59.7. The van der Waals surface area contributed by atoms with E-state index in [9.17, 15) is 19.2 Å². The molecule has 3 amide bonds. The number of carbonyl (C=O) groups is 4. The maximum atomic E-state index is 12.8. The summed E-state index contributed by atoms with van der Waals surface area (Å²) in [5.41, 5.74) is 2.27. The summed E-state index contributed by atoms with van der Waals surface area (Å²) in [6, 6.07) is 7.01. The van der Waals surface area contributed by atoms with E-state index in [0.717, 1.165) is 36.9 Å². The molecule has 1 aliphatic heterocycles. The van der Waals surface area contributed by atoms with Gasteiger partial charge in [-0.1, -0.05) is 6.07 Å². The van der Waals surface area contributed by atoms with E-state index in [1.807, 2.05) is 19.1 Å². The van der Waals surface area contributed by atoms with Crippen LogP contribution in [0.3, 0.4) is 0 Å². The summed E-state index contributed by atoms with van der Waals surface area (Å²) < 4.78 is 16.2. The molecule has 2 aromatic heterocycles. The number of nitrogens with zero attached hydrogens (tertiary/aromatic N) is 3. The van der Waals surface area contributed by atoms with Crippen molar-refractivity contribution in [3.63, 3.8) is 0 Å². The second-order valence-corrected chi connectivity index (χ2v) is 11.1. The summed E-state index contributed by atoms with van der Waals surface area (Å²) in [6.45, 7) is 4.25. The third-order valence-corrected chi connectivity index (χ3v) is 8.21. The van der Waals surface area contributed by atoms with Gasteiger partial charge in [0.05, 0.1) is 56.5 Å². The molecule has 44 heavy (non-hydrogen) atoms.